The van der Waals surface area contributed by atoms with Crippen LogP contribution >= 0.6 is 11.6 Å². The molecule has 0 aliphatic carbocycles. The molecule has 2 aromatic heterocycles. The summed E-state index contributed by atoms with van der Waals surface area (Å²) in [5.41, 5.74) is -1.86. The number of pyridine rings is 2. The highest BCUT2D eigenvalue weighted by Crippen LogP contribution is 2.37. The van der Waals surface area contributed by atoms with E-state index in [0.717, 1.165) is 30.6 Å². The highest BCUT2D eigenvalue weighted by atomic mass is 35.5. The number of nitrogens with one attached hydrogen (secondary N) is 1. The maximum Gasteiger partial charge on any atom is 0.573 e. The number of hydrogen-bond donors (Lipinski definition) is 1. The number of amides is 1. The third kappa shape index (κ3) is 6.38. The van der Waals surface area contributed by atoms with E-state index in [1.54, 1.807) is 0 Å². The van der Waals surface area contributed by atoms with Crippen molar-refractivity contribution >= 4 is 23.2 Å². The number of hydrogen-bond acceptors (Lipinski definition) is 5. The van der Waals surface area contributed by atoms with Crippen molar-refractivity contribution in [1.82, 2.24) is 4.98 Å². The molecule has 0 saturated heterocycles. The van der Waals surface area contributed by atoms with Crippen LogP contribution in [-0.4, -0.2) is 17.3 Å². The molecule has 0 fully saturated rings. The fourth-order valence-corrected chi connectivity index (χ4v) is 2.66. The van der Waals surface area contributed by atoms with Crippen LogP contribution in [0.3, 0.4) is 0 Å². The van der Waals surface area contributed by atoms with Gasteiger partial charge in [0.1, 0.15) is 34.2 Å². The van der Waals surface area contributed by atoms with Gasteiger partial charge in [0, 0.05) is 24.4 Å². The summed E-state index contributed by atoms with van der Waals surface area (Å²) in [6, 6.07) is 5.54. The van der Waals surface area contributed by atoms with Gasteiger partial charge >= 0.3 is 12.5 Å². The van der Waals surface area contributed by atoms with Crippen LogP contribution in [0.1, 0.15) is 16.1 Å². The van der Waals surface area contributed by atoms with Crippen molar-refractivity contribution in [3.63, 3.8) is 0 Å². The Morgan fingerprint density at radius 3 is 2.42 bits per heavy atom. The number of benzene rings is 1. The lowest BCUT2D eigenvalue weighted by Crippen LogP contribution is -2.25. The average Bonchev–Trinajstić information content (AvgIpc) is 2.68. The number of alkyl halides is 6. The Kier molecular flexibility index (Phi) is 6.53. The Morgan fingerprint density at radius 1 is 1.09 bits per heavy atom. The molecule has 3 aromatic rings. The van der Waals surface area contributed by atoms with Crippen molar-refractivity contribution in [2.75, 3.05) is 5.32 Å². The summed E-state index contributed by atoms with van der Waals surface area (Å²) in [5, 5.41) is 13.2. The molecule has 0 aliphatic heterocycles. The predicted octanol–water partition coefficient (Wildman–Crippen LogP) is 5.33. The number of anilines is 1. The molecule has 0 atom stereocenters. The van der Waals surface area contributed by atoms with Crippen molar-refractivity contribution in [1.29, 1.82) is 0 Å². The largest absolute Gasteiger partial charge is 0.619 e. The fourth-order valence-electron chi connectivity index (χ4n) is 2.45. The number of ether oxygens (including phenoxy) is 2. The van der Waals surface area contributed by atoms with E-state index in [-0.39, 0.29) is 11.4 Å². The molecule has 1 amide bonds. The van der Waals surface area contributed by atoms with Crippen molar-refractivity contribution in [2.45, 2.75) is 12.5 Å². The van der Waals surface area contributed by atoms with E-state index in [1.165, 1.54) is 12.1 Å². The predicted molar refractivity (Wildman–Crippen MR) is 101 cm³/mol. The molecule has 33 heavy (non-hydrogen) atoms. The van der Waals surface area contributed by atoms with E-state index in [0.29, 0.717) is 17.0 Å². The van der Waals surface area contributed by atoms with Crippen molar-refractivity contribution in [3.05, 3.63) is 76.5 Å². The Morgan fingerprint density at radius 2 is 1.82 bits per heavy atom. The van der Waals surface area contributed by atoms with Gasteiger partial charge in [-0.25, -0.2) is 0 Å². The molecule has 7 nitrogen and oxygen atoms in total. The summed E-state index contributed by atoms with van der Waals surface area (Å²) >= 11 is 5.87. The van der Waals surface area contributed by atoms with Crippen LogP contribution in [0.2, 0.25) is 5.02 Å². The number of carbonyl (C=O) groups excluding carboxylic acids is 1. The lowest BCUT2D eigenvalue weighted by atomic mass is 10.2. The van der Waals surface area contributed by atoms with Gasteiger partial charge < -0.3 is 20.0 Å². The molecule has 1 N–H and O–H groups in total. The summed E-state index contributed by atoms with van der Waals surface area (Å²) in [5.74, 6) is -2.69. The monoisotopic (exact) mass is 493 g/mol. The van der Waals surface area contributed by atoms with Gasteiger partial charge in [0.15, 0.2) is 6.20 Å². The minimum atomic E-state index is -5.00. The van der Waals surface area contributed by atoms with Crippen molar-refractivity contribution < 1.29 is 45.3 Å². The third-order valence-electron chi connectivity index (χ3n) is 3.79. The zero-order valence-electron chi connectivity index (χ0n) is 15.9. The summed E-state index contributed by atoms with van der Waals surface area (Å²) in [6.07, 6.45) is -7.17. The van der Waals surface area contributed by atoms with Gasteiger partial charge in [0.25, 0.3) is 5.91 Å². The molecular formula is C19H10ClF6N3O4. The Labute approximate surface area is 185 Å². The van der Waals surface area contributed by atoms with Crippen LogP contribution < -0.4 is 19.5 Å². The number of aromatic nitrogens is 2. The van der Waals surface area contributed by atoms with Crippen LogP contribution in [-0.2, 0) is 6.18 Å². The number of nitrogens with zero attached hydrogens (tertiary/aromatic N) is 2. The fraction of sp³-hybridized carbons (Fsp3) is 0.105. The van der Waals surface area contributed by atoms with Crippen molar-refractivity contribution in [3.8, 4) is 17.2 Å². The lowest BCUT2D eigenvalue weighted by Gasteiger charge is -2.15. The van der Waals surface area contributed by atoms with E-state index < -0.39 is 46.2 Å². The van der Waals surface area contributed by atoms with Gasteiger partial charge in [-0.3, -0.25) is 9.78 Å². The molecular weight excluding hydrogens is 484 g/mol. The smallest absolute Gasteiger partial charge is 0.573 e. The number of carbonyl (C=O) groups is 1. The van der Waals surface area contributed by atoms with Gasteiger partial charge in [-0.2, -0.15) is 17.9 Å². The molecule has 0 spiro atoms. The molecule has 0 radical (unpaired) electrons. The minimum Gasteiger partial charge on any atom is -0.619 e. The molecule has 1 aromatic carbocycles. The first-order valence-electron chi connectivity index (χ1n) is 8.62. The summed E-state index contributed by atoms with van der Waals surface area (Å²) in [7, 11) is 0. The number of halogens is 7. The average molecular weight is 494 g/mol. The summed E-state index contributed by atoms with van der Waals surface area (Å²) < 4.78 is 85.8. The summed E-state index contributed by atoms with van der Waals surface area (Å²) in [6.45, 7) is 0. The van der Waals surface area contributed by atoms with Gasteiger partial charge in [0.2, 0.25) is 6.20 Å². The van der Waals surface area contributed by atoms with Crippen molar-refractivity contribution in [2.24, 2.45) is 0 Å². The minimum absolute atomic E-state index is 0.0232. The van der Waals surface area contributed by atoms with E-state index in [1.807, 2.05) is 0 Å². The van der Waals surface area contributed by atoms with Gasteiger partial charge in [-0.1, -0.05) is 11.6 Å². The van der Waals surface area contributed by atoms with Crippen LogP contribution in [0.25, 0.3) is 0 Å². The van der Waals surface area contributed by atoms with Crippen LogP contribution in [0, 0.1) is 5.21 Å². The maximum absolute atomic E-state index is 13.1. The van der Waals surface area contributed by atoms with E-state index in [9.17, 15) is 36.3 Å². The topological polar surface area (TPSA) is 87.4 Å². The molecule has 14 heteroatoms. The third-order valence-corrected chi connectivity index (χ3v) is 4.09. The first kappa shape index (κ1) is 23.9. The molecule has 2 heterocycles. The first-order chi connectivity index (χ1) is 15.3. The second kappa shape index (κ2) is 9.02. The highest BCUT2D eigenvalue weighted by Gasteiger charge is 2.34. The molecule has 0 unspecified atom stereocenters. The van der Waals surface area contributed by atoms with Crippen LogP contribution in [0.15, 0.2) is 55.0 Å². The molecule has 3 rings (SSSR count). The first-order valence-corrected chi connectivity index (χ1v) is 9.00. The highest BCUT2D eigenvalue weighted by molar-refractivity contribution is 6.32. The Bertz CT molecular complexity index is 1190. The molecule has 0 aliphatic rings. The Hall–Kier alpha value is -3.74. The van der Waals surface area contributed by atoms with E-state index in [4.69, 9.17) is 16.3 Å². The van der Waals surface area contributed by atoms with E-state index >= 15 is 0 Å². The van der Waals surface area contributed by atoms with Crippen LogP contribution in [0.5, 0.6) is 17.2 Å². The maximum atomic E-state index is 13.1. The number of rotatable bonds is 5. The molecule has 0 saturated carbocycles. The quantitative estimate of drug-likeness (QED) is 0.295. The van der Waals surface area contributed by atoms with Crippen LogP contribution in [0.4, 0.5) is 32.0 Å². The zero-order valence-corrected chi connectivity index (χ0v) is 16.6. The SMILES string of the molecule is O=C(Nc1ccc[n+]([O-])c1)c1cnc(C(F)(F)F)cc1Oc1ccc(OC(F)(F)F)cc1Cl. The molecule has 174 valence electrons. The zero-order chi connectivity index (χ0) is 24.4. The van der Waals surface area contributed by atoms with Gasteiger partial charge in [-0.15, -0.1) is 13.2 Å². The summed E-state index contributed by atoms with van der Waals surface area (Å²) in [4.78, 5) is 15.8. The normalized spacial score (nSPS) is 11.7. The van der Waals surface area contributed by atoms with Gasteiger partial charge in [-0.05, 0) is 18.2 Å². The lowest BCUT2D eigenvalue weighted by molar-refractivity contribution is -0.604. The van der Waals surface area contributed by atoms with Gasteiger partial charge in [0.05, 0.1) is 5.02 Å². The standard InChI is InChI=1S/C19H10ClF6N3O4/c20-13-6-11(33-19(24,25)26)3-4-14(13)32-15-7-16(18(21,22)23)27-8-12(15)17(30)28-10-2-1-5-29(31)9-10/h1-9H,(H,28,30). The Balaban J connectivity index is 1.96. The second-order valence-corrected chi connectivity index (χ2v) is 6.62. The second-order valence-electron chi connectivity index (χ2n) is 6.21. The molecule has 0 bridgehead atoms. The van der Waals surface area contributed by atoms with E-state index in [2.05, 4.69) is 15.0 Å².